The van der Waals surface area contributed by atoms with Gasteiger partial charge < -0.3 is 20.0 Å². The molecule has 0 aromatic heterocycles. The maximum absolute atomic E-state index is 11.1. The largest absolute Gasteiger partial charge is 0.391 e. The molecule has 0 saturated carbocycles. The van der Waals surface area contributed by atoms with E-state index in [2.05, 4.69) is 5.32 Å². The van der Waals surface area contributed by atoms with Crippen LogP contribution in [0.4, 0.5) is 0 Å². The van der Waals surface area contributed by atoms with E-state index in [1.54, 1.807) is 6.92 Å². The van der Waals surface area contributed by atoms with Gasteiger partial charge in [0.15, 0.2) is 0 Å². The molecule has 0 bridgehead atoms. The van der Waals surface area contributed by atoms with Gasteiger partial charge in [-0.2, -0.15) is 0 Å². The molecule has 0 radical (unpaired) electrons. The van der Waals surface area contributed by atoms with Gasteiger partial charge in [0.25, 0.3) is 0 Å². The maximum Gasteiger partial charge on any atom is 0.246 e. The van der Waals surface area contributed by atoms with Gasteiger partial charge >= 0.3 is 0 Å². The normalized spacial score (nSPS) is 12.3. The number of ether oxygens (including phenoxy) is 1. The smallest absolute Gasteiger partial charge is 0.246 e. The summed E-state index contributed by atoms with van der Waals surface area (Å²) in [5, 5.41) is 11.6. The lowest BCUT2D eigenvalue weighted by Gasteiger charge is -2.20. The van der Waals surface area contributed by atoms with E-state index in [0.29, 0.717) is 0 Å². The highest BCUT2D eigenvalue weighted by atomic mass is 16.5. The molecule has 0 aliphatic heterocycles. The van der Waals surface area contributed by atoms with Gasteiger partial charge in [-0.3, -0.25) is 4.79 Å². The van der Waals surface area contributed by atoms with E-state index in [-0.39, 0.29) is 24.7 Å². The summed E-state index contributed by atoms with van der Waals surface area (Å²) in [5.41, 5.74) is -0.231. The first kappa shape index (κ1) is 16.5. The van der Waals surface area contributed by atoms with Crippen LogP contribution in [-0.4, -0.2) is 42.7 Å². The molecule has 5 nitrogen and oxygen atoms in total. The number of aliphatic hydroxyl groups is 1. The van der Waals surface area contributed by atoms with Crippen molar-refractivity contribution in [2.24, 2.45) is 0 Å². The van der Waals surface area contributed by atoms with Crippen molar-refractivity contribution in [2.45, 2.75) is 39.3 Å². The topological polar surface area (TPSA) is 75.6 Å². The van der Waals surface area contributed by atoms with Crippen LogP contribution in [0.25, 0.3) is 0 Å². The van der Waals surface area contributed by atoms with E-state index < -0.39 is 6.10 Å². The molecule has 0 aliphatic carbocycles. The number of hydrogen-bond donors (Lipinski definition) is 2. The van der Waals surface area contributed by atoms with Crippen LogP contribution in [-0.2, 0) is 14.3 Å². The Balaban J connectivity index is 0. The van der Waals surface area contributed by atoms with Crippen LogP contribution in [0.15, 0.2) is 0 Å². The Morgan fingerprint density at radius 1 is 1.47 bits per heavy atom. The van der Waals surface area contributed by atoms with Crippen LogP contribution in [0.1, 0.15) is 27.7 Å². The summed E-state index contributed by atoms with van der Waals surface area (Å²) in [6, 6.07) is 0. The monoisotopic (exact) mass is 219 g/mol. The molecular formula is C10H21NO4. The minimum Gasteiger partial charge on any atom is -0.391 e. The summed E-state index contributed by atoms with van der Waals surface area (Å²) < 4.78 is 4.94. The maximum atomic E-state index is 11.1. The summed E-state index contributed by atoms with van der Waals surface area (Å²) in [6.07, 6.45) is -0.526. The molecule has 0 rings (SSSR count). The second-order valence-corrected chi connectivity index (χ2v) is 4.16. The fraction of sp³-hybridized carbons (Fsp3) is 0.800. The predicted octanol–water partition coefficient (Wildman–Crippen LogP) is 0.114. The number of carbonyl (C=O) groups is 2. The molecule has 0 aromatic rings. The van der Waals surface area contributed by atoms with Crippen LogP contribution in [0.3, 0.4) is 0 Å². The summed E-state index contributed by atoms with van der Waals surface area (Å²) >= 11 is 0. The molecule has 0 aromatic carbocycles. The fourth-order valence-electron chi connectivity index (χ4n) is 0.777. The lowest BCUT2D eigenvalue weighted by molar-refractivity contribution is -0.128. The van der Waals surface area contributed by atoms with E-state index in [1.807, 2.05) is 27.6 Å². The molecule has 0 fully saturated rings. The third-order valence-corrected chi connectivity index (χ3v) is 1.11. The first-order valence-electron chi connectivity index (χ1n) is 4.67. The minimum absolute atomic E-state index is 0.00215. The average Bonchev–Trinajstić information content (AvgIpc) is 2.03. The lowest BCUT2D eigenvalue weighted by Crippen LogP contribution is -2.42. The summed E-state index contributed by atoms with van der Waals surface area (Å²) in [5.74, 6) is -0.159. The Labute approximate surface area is 90.8 Å². The Morgan fingerprint density at radius 3 is 2.27 bits per heavy atom. The first-order valence-corrected chi connectivity index (χ1v) is 4.67. The second kappa shape index (κ2) is 8.38. The molecular weight excluding hydrogens is 198 g/mol. The standard InChI is InChI=1S/C9H19NO3.CH2O/c1-7(11)5-13-6-8(12)10-9(2,3)4;1-2/h7,11H,5-6H2,1-4H3,(H,10,12);1H2. The molecule has 0 saturated heterocycles. The molecule has 2 N–H and O–H groups in total. The highest BCUT2D eigenvalue weighted by Crippen LogP contribution is 1.97. The third-order valence-electron chi connectivity index (χ3n) is 1.11. The van der Waals surface area contributed by atoms with E-state index in [9.17, 15) is 4.79 Å². The summed E-state index contributed by atoms with van der Waals surface area (Å²) in [6.45, 7) is 9.51. The van der Waals surface area contributed by atoms with Crippen LogP contribution in [0.5, 0.6) is 0 Å². The van der Waals surface area contributed by atoms with Crippen molar-refractivity contribution in [3.8, 4) is 0 Å². The predicted molar refractivity (Wildman–Crippen MR) is 57.5 cm³/mol. The zero-order valence-electron chi connectivity index (χ0n) is 9.87. The van der Waals surface area contributed by atoms with Gasteiger partial charge in [0.1, 0.15) is 13.4 Å². The molecule has 1 atom stereocenters. The van der Waals surface area contributed by atoms with Crippen molar-refractivity contribution in [1.82, 2.24) is 5.32 Å². The molecule has 0 heterocycles. The number of amides is 1. The Kier molecular flexibility index (Phi) is 9.21. The Hall–Kier alpha value is -0.940. The van der Waals surface area contributed by atoms with Gasteiger partial charge in [0, 0.05) is 5.54 Å². The second-order valence-electron chi connectivity index (χ2n) is 4.16. The highest BCUT2D eigenvalue weighted by Gasteiger charge is 2.13. The van der Waals surface area contributed by atoms with Gasteiger partial charge in [0.05, 0.1) is 12.7 Å². The quantitative estimate of drug-likeness (QED) is 0.704. The summed E-state index contributed by atoms with van der Waals surface area (Å²) in [7, 11) is 0. The molecule has 15 heavy (non-hydrogen) atoms. The fourth-order valence-corrected chi connectivity index (χ4v) is 0.777. The van der Waals surface area contributed by atoms with Crippen LogP contribution in [0, 0.1) is 0 Å². The van der Waals surface area contributed by atoms with Gasteiger partial charge in [-0.1, -0.05) is 0 Å². The van der Waals surface area contributed by atoms with E-state index in [4.69, 9.17) is 14.6 Å². The zero-order chi connectivity index (χ0) is 12.5. The molecule has 1 amide bonds. The number of aliphatic hydroxyl groups excluding tert-OH is 1. The van der Waals surface area contributed by atoms with Crippen LogP contribution >= 0.6 is 0 Å². The third kappa shape index (κ3) is 15.8. The number of rotatable bonds is 4. The number of carbonyl (C=O) groups excluding carboxylic acids is 2. The molecule has 0 aliphatic rings. The van der Waals surface area contributed by atoms with Gasteiger partial charge in [-0.05, 0) is 27.7 Å². The van der Waals surface area contributed by atoms with Crippen LogP contribution < -0.4 is 5.32 Å². The van der Waals surface area contributed by atoms with Crippen molar-refractivity contribution < 1.29 is 19.4 Å². The van der Waals surface area contributed by atoms with Crippen molar-refractivity contribution >= 4 is 12.7 Å². The molecule has 0 spiro atoms. The SMILES string of the molecule is C=O.CC(O)COCC(=O)NC(C)(C)C. The summed E-state index contributed by atoms with van der Waals surface area (Å²) in [4.78, 5) is 19.1. The van der Waals surface area contributed by atoms with Crippen molar-refractivity contribution in [2.75, 3.05) is 13.2 Å². The lowest BCUT2D eigenvalue weighted by atomic mass is 10.1. The average molecular weight is 219 g/mol. The first-order chi connectivity index (χ1) is 6.81. The zero-order valence-corrected chi connectivity index (χ0v) is 9.87. The van der Waals surface area contributed by atoms with Gasteiger partial charge in [0.2, 0.25) is 5.91 Å². The van der Waals surface area contributed by atoms with Crippen molar-refractivity contribution in [3.05, 3.63) is 0 Å². The van der Waals surface area contributed by atoms with Crippen LogP contribution in [0.2, 0.25) is 0 Å². The molecule has 1 unspecified atom stereocenters. The minimum atomic E-state index is -0.526. The Morgan fingerprint density at radius 2 is 1.93 bits per heavy atom. The van der Waals surface area contributed by atoms with E-state index >= 15 is 0 Å². The van der Waals surface area contributed by atoms with Crippen molar-refractivity contribution in [1.29, 1.82) is 0 Å². The number of hydrogen-bond acceptors (Lipinski definition) is 4. The van der Waals surface area contributed by atoms with Gasteiger partial charge in [-0.25, -0.2) is 0 Å². The van der Waals surface area contributed by atoms with E-state index in [0.717, 1.165) is 0 Å². The van der Waals surface area contributed by atoms with E-state index in [1.165, 1.54) is 0 Å². The molecule has 5 heteroatoms. The highest BCUT2D eigenvalue weighted by molar-refractivity contribution is 5.77. The number of nitrogens with one attached hydrogen (secondary N) is 1. The van der Waals surface area contributed by atoms with Gasteiger partial charge in [-0.15, -0.1) is 0 Å². The van der Waals surface area contributed by atoms with Crippen molar-refractivity contribution in [3.63, 3.8) is 0 Å². The molecule has 90 valence electrons. The Bertz CT molecular complexity index is 175.